The molecule has 0 heterocycles. The van der Waals surface area contributed by atoms with Gasteiger partial charge in [0, 0.05) is 0 Å². The highest BCUT2D eigenvalue weighted by atomic mass is 35.5. The van der Waals surface area contributed by atoms with Crippen molar-refractivity contribution >= 4 is 29.1 Å². The number of hydrogen-bond donors (Lipinski definition) is 1. The number of nitrogens with zero attached hydrogens (tertiary/aromatic N) is 1. The number of methoxy groups -OCH3 is 1. The Morgan fingerprint density at radius 3 is 2.64 bits per heavy atom. The van der Waals surface area contributed by atoms with Crippen molar-refractivity contribution in [1.29, 1.82) is 0 Å². The second-order valence-electron chi connectivity index (χ2n) is 4.47. The van der Waals surface area contributed by atoms with Crippen molar-refractivity contribution in [3.63, 3.8) is 0 Å². The maximum absolute atomic E-state index is 14.0. The summed E-state index contributed by atoms with van der Waals surface area (Å²) in [6.07, 6.45) is 0. The molecule has 0 saturated heterocycles. The molecule has 0 bridgehead atoms. The van der Waals surface area contributed by atoms with E-state index in [2.05, 4.69) is 9.73 Å². The number of carbonyl (C=O) groups excluding carboxylic acids is 1. The van der Waals surface area contributed by atoms with Crippen LogP contribution in [0.25, 0.3) is 11.1 Å². The van der Waals surface area contributed by atoms with E-state index in [1.54, 1.807) is 24.3 Å². The zero-order valence-corrected chi connectivity index (χ0v) is 12.6. The molecule has 0 aromatic heterocycles. The molecule has 0 radical (unpaired) electrons. The third kappa shape index (κ3) is 3.62. The summed E-state index contributed by atoms with van der Waals surface area (Å²) in [7, 11) is 1.21. The van der Waals surface area contributed by atoms with Crippen LogP contribution < -0.4 is 5.73 Å². The molecule has 4 nitrogen and oxygen atoms in total. The molecule has 2 rings (SSSR count). The molecule has 0 fully saturated rings. The van der Waals surface area contributed by atoms with Crippen LogP contribution in [0.5, 0.6) is 0 Å². The molecule has 2 aromatic rings. The lowest BCUT2D eigenvalue weighted by molar-refractivity contribution is 0.0595. The van der Waals surface area contributed by atoms with Crippen LogP contribution in [0.15, 0.2) is 47.5 Å². The predicted molar refractivity (Wildman–Crippen MR) is 85.2 cm³/mol. The van der Waals surface area contributed by atoms with E-state index in [0.29, 0.717) is 17.1 Å². The minimum absolute atomic E-state index is 0.105. The number of esters is 1. The number of benzene rings is 2. The minimum Gasteiger partial charge on any atom is -0.465 e. The maximum Gasteiger partial charge on any atom is 0.340 e. The lowest BCUT2D eigenvalue weighted by Gasteiger charge is -2.06. The Bertz CT molecular complexity index is 732. The average Bonchev–Trinajstić information content (AvgIpc) is 2.54. The fourth-order valence-corrected chi connectivity index (χ4v) is 1.98. The first-order valence-corrected chi connectivity index (χ1v) is 6.96. The van der Waals surface area contributed by atoms with Gasteiger partial charge >= 0.3 is 5.97 Å². The monoisotopic (exact) mass is 320 g/mol. The molecule has 0 saturated carbocycles. The number of amidine groups is 1. The number of aliphatic imine (C=N–C) groups is 1. The van der Waals surface area contributed by atoms with Crippen LogP contribution in [0.3, 0.4) is 0 Å². The highest BCUT2D eigenvalue weighted by molar-refractivity contribution is 6.28. The van der Waals surface area contributed by atoms with Crippen LogP contribution in [0.1, 0.15) is 10.4 Å². The Morgan fingerprint density at radius 2 is 2.00 bits per heavy atom. The largest absolute Gasteiger partial charge is 0.465 e. The summed E-state index contributed by atoms with van der Waals surface area (Å²) >= 11 is 5.59. The first kappa shape index (κ1) is 16.0. The molecular weight excluding hydrogens is 307 g/mol. The normalized spacial score (nSPS) is 11.3. The van der Waals surface area contributed by atoms with Gasteiger partial charge < -0.3 is 10.5 Å². The summed E-state index contributed by atoms with van der Waals surface area (Å²) in [6.45, 7) is 0. The third-order valence-corrected chi connectivity index (χ3v) is 3.24. The Labute approximate surface area is 132 Å². The first-order valence-electron chi connectivity index (χ1n) is 6.42. The number of carbonyl (C=O) groups is 1. The van der Waals surface area contributed by atoms with Gasteiger partial charge in [-0.25, -0.2) is 14.2 Å². The summed E-state index contributed by atoms with van der Waals surface area (Å²) in [5.74, 6) is -0.922. The lowest BCUT2D eigenvalue weighted by atomic mass is 10.0. The summed E-state index contributed by atoms with van der Waals surface area (Å²) in [5.41, 5.74) is 7.47. The predicted octanol–water partition coefficient (Wildman–Crippen LogP) is 3.51. The second kappa shape index (κ2) is 7.04. The van der Waals surface area contributed by atoms with Crippen molar-refractivity contribution in [3.05, 3.63) is 53.8 Å². The average molecular weight is 321 g/mol. The van der Waals surface area contributed by atoms with E-state index >= 15 is 0 Å². The van der Waals surface area contributed by atoms with Crippen LogP contribution in [-0.4, -0.2) is 24.8 Å². The SMILES string of the molecule is COC(=O)c1ccc(-c2cccc(N=C(N)CCl)c2)cc1F. The molecule has 0 aliphatic heterocycles. The number of hydrogen-bond acceptors (Lipinski definition) is 3. The Morgan fingerprint density at radius 1 is 1.27 bits per heavy atom. The van der Waals surface area contributed by atoms with Gasteiger partial charge in [-0.1, -0.05) is 18.2 Å². The molecule has 0 spiro atoms. The van der Waals surface area contributed by atoms with Gasteiger partial charge in [-0.3, -0.25) is 0 Å². The van der Waals surface area contributed by atoms with Gasteiger partial charge in [0.1, 0.15) is 11.7 Å². The Kier molecular flexibility index (Phi) is 5.12. The van der Waals surface area contributed by atoms with Crippen LogP contribution in [0.4, 0.5) is 10.1 Å². The quantitative estimate of drug-likeness (QED) is 0.406. The van der Waals surface area contributed by atoms with Gasteiger partial charge in [0.15, 0.2) is 0 Å². The second-order valence-corrected chi connectivity index (χ2v) is 4.74. The number of nitrogens with two attached hydrogens (primary N) is 1. The molecule has 22 heavy (non-hydrogen) atoms. The molecule has 0 atom stereocenters. The van der Waals surface area contributed by atoms with Crippen LogP contribution >= 0.6 is 11.6 Å². The third-order valence-electron chi connectivity index (χ3n) is 2.96. The molecule has 0 aliphatic rings. The minimum atomic E-state index is -0.711. The molecule has 0 aliphatic carbocycles. The van der Waals surface area contributed by atoms with Crippen molar-refractivity contribution in [2.24, 2.45) is 10.7 Å². The van der Waals surface area contributed by atoms with Gasteiger partial charge in [-0.2, -0.15) is 0 Å². The van der Waals surface area contributed by atoms with Gasteiger partial charge in [-0.15, -0.1) is 11.6 Å². The molecule has 114 valence electrons. The topological polar surface area (TPSA) is 64.7 Å². The van der Waals surface area contributed by atoms with Crippen molar-refractivity contribution in [2.75, 3.05) is 13.0 Å². The van der Waals surface area contributed by atoms with Gasteiger partial charge in [0.05, 0.1) is 24.2 Å². The van der Waals surface area contributed by atoms with Crippen LogP contribution in [-0.2, 0) is 4.74 Å². The lowest BCUT2D eigenvalue weighted by Crippen LogP contribution is -2.12. The van der Waals surface area contributed by atoms with E-state index in [-0.39, 0.29) is 11.4 Å². The number of alkyl halides is 1. The zero-order chi connectivity index (χ0) is 16.1. The van der Waals surface area contributed by atoms with E-state index in [1.807, 2.05) is 6.07 Å². The fourth-order valence-electron chi connectivity index (χ4n) is 1.92. The summed E-state index contributed by atoms with van der Waals surface area (Å²) < 4.78 is 18.5. The maximum atomic E-state index is 14.0. The molecule has 2 N–H and O–H groups in total. The van der Waals surface area contributed by atoms with E-state index in [9.17, 15) is 9.18 Å². The molecule has 0 amide bonds. The first-order chi connectivity index (χ1) is 10.5. The highest BCUT2D eigenvalue weighted by Gasteiger charge is 2.13. The van der Waals surface area contributed by atoms with E-state index in [0.717, 1.165) is 5.56 Å². The standard InChI is InChI=1S/C16H14ClFN2O2/c1-22-16(21)13-6-5-11(8-14(13)18)10-3-2-4-12(7-10)20-15(19)9-17/h2-8H,9H2,1H3,(H2,19,20). The molecular formula is C16H14ClFN2O2. The summed E-state index contributed by atoms with van der Waals surface area (Å²) in [4.78, 5) is 15.5. The highest BCUT2D eigenvalue weighted by Crippen LogP contribution is 2.26. The molecule has 0 unspecified atom stereocenters. The van der Waals surface area contributed by atoms with Crippen molar-refractivity contribution in [2.45, 2.75) is 0 Å². The zero-order valence-electron chi connectivity index (χ0n) is 11.8. The summed E-state index contributed by atoms with van der Waals surface area (Å²) in [5, 5.41) is 0. The van der Waals surface area contributed by atoms with Crippen molar-refractivity contribution in [1.82, 2.24) is 0 Å². The summed E-state index contributed by atoms with van der Waals surface area (Å²) in [6, 6.07) is 11.4. The van der Waals surface area contributed by atoms with E-state index in [1.165, 1.54) is 19.2 Å². The molecule has 6 heteroatoms. The van der Waals surface area contributed by atoms with E-state index in [4.69, 9.17) is 17.3 Å². The fraction of sp³-hybridized carbons (Fsp3) is 0.125. The Balaban J connectivity index is 2.38. The molecule has 2 aromatic carbocycles. The van der Waals surface area contributed by atoms with Gasteiger partial charge in [0.25, 0.3) is 0 Å². The Hall–Kier alpha value is -2.40. The number of halogens is 2. The van der Waals surface area contributed by atoms with Crippen LogP contribution in [0, 0.1) is 5.82 Å². The van der Waals surface area contributed by atoms with Crippen molar-refractivity contribution in [3.8, 4) is 11.1 Å². The van der Waals surface area contributed by atoms with Gasteiger partial charge in [-0.05, 0) is 35.4 Å². The number of ether oxygens (including phenoxy) is 1. The van der Waals surface area contributed by atoms with Crippen LogP contribution in [0.2, 0.25) is 0 Å². The van der Waals surface area contributed by atoms with Gasteiger partial charge in [0.2, 0.25) is 0 Å². The smallest absolute Gasteiger partial charge is 0.340 e. The van der Waals surface area contributed by atoms with E-state index < -0.39 is 11.8 Å². The number of rotatable bonds is 4. The van der Waals surface area contributed by atoms with Crippen molar-refractivity contribution < 1.29 is 13.9 Å².